The molecule has 0 saturated heterocycles. The van der Waals surface area contributed by atoms with Gasteiger partial charge in [0.1, 0.15) is 5.78 Å². The fourth-order valence-corrected chi connectivity index (χ4v) is 2.68. The molecule has 1 rings (SSSR count). The van der Waals surface area contributed by atoms with E-state index < -0.39 is 18.4 Å². The zero-order valence-electron chi connectivity index (χ0n) is 12.3. The van der Waals surface area contributed by atoms with Gasteiger partial charge in [-0.15, -0.1) is 0 Å². The smallest absolute Gasteiger partial charge is 0.332 e. The Morgan fingerprint density at radius 1 is 1.10 bits per heavy atom. The number of methoxy groups -OCH3 is 1. The molecule has 0 spiro atoms. The number of rotatable bonds is 9. The SMILES string of the molecule is COCCC(CC(=O)C1CCCC1)=C(CC(=O)O)C(=O)O. The average molecular weight is 298 g/mol. The van der Waals surface area contributed by atoms with Crippen LogP contribution in [0.3, 0.4) is 0 Å². The third-order valence-electron chi connectivity index (χ3n) is 3.82. The van der Waals surface area contributed by atoms with E-state index in [9.17, 15) is 19.5 Å². The number of ketones is 1. The van der Waals surface area contributed by atoms with Gasteiger partial charge >= 0.3 is 11.9 Å². The summed E-state index contributed by atoms with van der Waals surface area (Å²) in [7, 11) is 1.48. The molecule has 0 aromatic heterocycles. The van der Waals surface area contributed by atoms with Crippen LogP contribution in [0.2, 0.25) is 0 Å². The fourth-order valence-electron chi connectivity index (χ4n) is 2.68. The van der Waals surface area contributed by atoms with Crippen LogP contribution >= 0.6 is 0 Å². The Hall–Kier alpha value is -1.69. The van der Waals surface area contributed by atoms with Crippen molar-refractivity contribution < 1.29 is 29.3 Å². The first kappa shape index (κ1) is 17.4. The van der Waals surface area contributed by atoms with E-state index in [4.69, 9.17) is 9.84 Å². The Bertz CT molecular complexity index is 431. The van der Waals surface area contributed by atoms with E-state index in [1.54, 1.807) is 0 Å². The third-order valence-corrected chi connectivity index (χ3v) is 3.82. The third kappa shape index (κ3) is 5.67. The molecule has 0 heterocycles. The largest absolute Gasteiger partial charge is 0.481 e. The number of hydrogen-bond donors (Lipinski definition) is 2. The molecule has 0 aliphatic heterocycles. The van der Waals surface area contributed by atoms with E-state index in [0.29, 0.717) is 5.57 Å². The monoisotopic (exact) mass is 298 g/mol. The first-order valence-electron chi connectivity index (χ1n) is 7.13. The summed E-state index contributed by atoms with van der Waals surface area (Å²) in [6.45, 7) is 0.268. The first-order chi connectivity index (χ1) is 9.95. The van der Waals surface area contributed by atoms with E-state index in [-0.39, 0.29) is 36.7 Å². The number of aliphatic carboxylic acids is 2. The summed E-state index contributed by atoms with van der Waals surface area (Å²) in [6, 6.07) is 0. The second kappa shape index (κ2) is 8.56. The Kier molecular flexibility index (Phi) is 7.08. The van der Waals surface area contributed by atoms with Gasteiger partial charge in [0.05, 0.1) is 6.42 Å². The maximum atomic E-state index is 12.2. The zero-order chi connectivity index (χ0) is 15.8. The van der Waals surface area contributed by atoms with Gasteiger partial charge in [-0.3, -0.25) is 9.59 Å². The van der Waals surface area contributed by atoms with Crippen molar-refractivity contribution in [3.63, 3.8) is 0 Å². The molecule has 1 fully saturated rings. The molecule has 6 nitrogen and oxygen atoms in total. The predicted octanol–water partition coefficient (Wildman–Crippen LogP) is 2.03. The van der Waals surface area contributed by atoms with Gasteiger partial charge in [0.25, 0.3) is 0 Å². The van der Waals surface area contributed by atoms with E-state index in [0.717, 1.165) is 25.7 Å². The van der Waals surface area contributed by atoms with E-state index in [1.807, 2.05) is 0 Å². The number of carbonyl (C=O) groups excluding carboxylic acids is 1. The maximum absolute atomic E-state index is 12.2. The Labute approximate surface area is 123 Å². The van der Waals surface area contributed by atoms with Crippen LogP contribution < -0.4 is 0 Å². The van der Waals surface area contributed by atoms with Crippen molar-refractivity contribution in [2.45, 2.75) is 44.9 Å². The quantitative estimate of drug-likeness (QED) is 0.632. The highest BCUT2D eigenvalue weighted by Crippen LogP contribution is 2.29. The Morgan fingerprint density at radius 3 is 2.19 bits per heavy atom. The molecular formula is C15H22O6. The number of carboxylic acid groups (broad SMARTS) is 2. The molecule has 1 saturated carbocycles. The minimum Gasteiger partial charge on any atom is -0.481 e. The summed E-state index contributed by atoms with van der Waals surface area (Å²) in [5, 5.41) is 18.0. The van der Waals surface area contributed by atoms with Crippen molar-refractivity contribution in [2.75, 3.05) is 13.7 Å². The second-order valence-corrected chi connectivity index (χ2v) is 5.33. The molecule has 0 bridgehead atoms. The zero-order valence-corrected chi connectivity index (χ0v) is 12.3. The lowest BCUT2D eigenvalue weighted by Crippen LogP contribution is -2.16. The van der Waals surface area contributed by atoms with E-state index in [2.05, 4.69) is 0 Å². The van der Waals surface area contributed by atoms with Crippen molar-refractivity contribution in [2.24, 2.45) is 5.92 Å². The molecule has 6 heteroatoms. The maximum Gasteiger partial charge on any atom is 0.332 e. The van der Waals surface area contributed by atoms with Crippen LogP contribution in [0.15, 0.2) is 11.1 Å². The molecule has 118 valence electrons. The summed E-state index contributed by atoms with van der Waals surface area (Å²) in [5.74, 6) is -2.48. The summed E-state index contributed by atoms with van der Waals surface area (Å²) in [6.07, 6.45) is 3.44. The molecule has 1 aliphatic rings. The molecule has 0 aromatic rings. The van der Waals surface area contributed by atoms with Crippen LogP contribution in [-0.2, 0) is 19.1 Å². The lowest BCUT2D eigenvalue weighted by Gasteiger charge is -2.13. The van der Waals surface area contributed by atoms with Crippen molar-refractivity contribution in [1.82, 2.24) is 0 Å². The standard InChI is InChI=1S/C15H22O6/c1-21-7-6-11(12(15(19)20)9-14(17)18)8-13(16)10-4-2-3-5-10/h10H,2-9H2,1H3,(H,17,18)(H,19,20). The van der Waals surface area contributed by atoms with Crippen LogP contribution in [0, 0.1) is 5.92 Å². The lowest BCUT2D eigenvalue weighted by atomic mass is 9.91. The fraction of sp³-hybridized carbons (Fsp3) is 0.667. The average Bonchev–Trinajstić information content (AvgIpc) is 2.94. The van der Waals surface area contributed by atoms with Crippen LogP contribution in [0.1, 0.15) is 44.9 Å². The van der Waals surface area contributed by atoms with Gasteiger partial charge in [-0.05, 0) is 24.8 Å². The highest BCUT2D eigenvalue weighted by molar-refractivity contribution is 5.94. The minimum atomic E-state index is -1.28. The number of Topliss-reactive ketones (excluding diaryl/α,β-unsaturated/α-hetero) is 1. The normalized spacial score (nSPS) is 16.6. The molecule has 0 atom stereocenters. The van der Waals surface area contributed by atoms with Gasteiger partial charge in [-0.25, -0.2) is 4.79 Å². The Morgan fingerprint density at radius 2 is 1.71 bits per heavy atom. The first-order valence-corrected chi connectivity index (χ1v) is 7.13. The van der Waals surface area contributed by atoms with Crippen LogP contribution in [0.4, 0.5) is 0 Å². The lowest BCUT2D eigenvalue weighted by molar-refractivity contribution is -0.139. The molecular weight excluding hydrogens is 276 g/mol. The van der Waals surface area contributed by atoms with Gasteiger partial charge in [0.2, 0.25) is 0 Å². The number of carboxylic acids is 2. The highest BCUT2D eigenvalue weighted by Gasteiger charge is 2.26. The molecule has 0 amide bonds. The second-order valence-electron chi connectivity index (χ2n) is 5.33. The topological polar surface area (TPSA) is 101 Å². The van der Waals surface area contributed by atoms with Crippen molar-refractivity contribution in [3.05, 3.63) is 11.1 Å². The van der Waals surface area contributed by atoms with Crippen LogP contribution in [0.25, 0.3) is 0 Å². The van der Waals surface area contributed by atoms with E-state index in [1.165, 1.54) is 7.11 Å². The van der Waals surface area contributed by atoms with Crippen molar-refractivity contribution in [1.29, 1.82) is 0 Å². The number of hydrogen-bond acceptors (Lipinski definition) is 4. The van der Waals surface area contributed by atoms with Crippen molar-refractivity contribution in [3.8, 4) is 0 Å². The van der Waals surface area contributed by atoms with Crippen LogP contribution in [-0.4, -0.2) is 41.7 Å². The van der Waals surface area contributed by atoms with Crippen molar-refractivity contribution >= 4 is 17.7 Å². The summed E-state index contributed by atoms with van der Waals surface area (Å²) >= 11 is 0. The number of carbonyl (C=O) groups is 3. The molecule has 0 unspecified atom stereocenters. The van der Waals surface area contributed by atoms with E-state index >= 15 is 0 Å². The van der Waals surface area contributed by atoms with Gasteiger partial charge in [0, 0.05) is 31.6 Å². The van der Waals surface area contributed by atoms with Gasteiger partial charge in [-0.2, -0.15) is 0 Å². The highest BCUT2D eigenvalue weighted by atomic mass is 16.5. The number of ether oxygens (including phenoxy) is 1. The molecule has 2 N–H and O–H groups in total. The van der Waals surface area contributed by atoms with Gasteiger partial charge in [-0.1, -0.05) is 12.8 Å². The molecule has 0 aromatic carbocycles. The summed E-state index contributed by atoms with van der Waals surface area (Å²) < 4.78 is 4.93. The van der Waals surface area contributed by atoms with Gasteiger partial charge in [0.15, 0.2) is 0 Å². The summed E-state index contributed by atoms with van der Waals surface area (Å²) in [5.41, 5.74) is 0.189. The minimum absolute atomic E-state index is 0.0117. The summed E-state index contributed by atoms with van der Waals surface area (Å²) in [4.78, 5) is 34.3. The molecule has 0 radical (unpaired) electrons. The predicted molar refractivity (Wildman–Crippen MR) is 75.0 cm³/mol. The van der Waals surface area contributed by atoms with Crippen LogP contribution in [0.5, 0.6) is 0 Å². The van der Waals surface area contributed by atoms with Gasteiger partial charge < -0.3 is 14.9 Å². The molecule has 1 aliphatic carbocycles. The molecule has 21 heavy (non-hydrogen) atoms. The Balaban J connectivity index is 2.91.